The molecule has 1 aromatic rings. The summed E-state index contributed by atoms with van der Waals surface area (Å²) in [4.78, 5) is 19.4. The highest BCUT2D eigenvalue weighted by atomic mass is 19.3. The lowest BCUT2D eigenvalue weighted by Crippen LogP contribution is -2.44. The number of carbonyl (C=O) groups is 1. The van der Waals surface area contributed by atoms with E-state index < -0.39 is 12.2 Å². The second-order valence-electron chi connectivity index (χ2n) is 7.91. The molecule has 1 amide bonds. The van der Waals surface area contributed by atoms with Crippen LogP contribution in [0.4, 0.5) is 8.78 Å². The van der Waals surface area contributed by atoms with Crippen molar-refractivity contribution in [2.24, 2.45) is 5.16 Å². The molecule has 2 saturated heterocycles. The van der Waals surface area contributed by atoms with Gasteiger partial charge in [0, 0.05) is 31.4 Å². The third kappa shape index (κ3) is 4.50. The molecule has 0 bridgehead atoms. The zero-order valence-corrected chi connectivity index (χ0v) is 16.9. The Kier molecular flexibility index (Phi) is 6.08. The van der Waals surface area contributed by atoms with Gasteiger partial charge in [-0.1, -0.05) is 12.1 Å². The molecule has 2 unspecified atom stereocenters. The van der Waals surface area contributed by atoms with Crippen molar-refractivity contribution >= 4 is 11.6 Å². The first-order chi connectivity index (χ1) is 14.5. The minimum atomic E-state index is -2.96. The van der Waals surface area contributed by atoms with Crippen LogP contribution in [0.2, 0.25) is 0 Å². The Balaban J connectivity index is 1.52. The Morgan fingerprint density at radius 3 is 3.00 bits per heavy atom. The fourth-order valence-corrected chi connectivity index (χ4v) is 4.11. The van der Waals surface area contributed by atoms with Gasteiger partial charge in [0.1, 0.15) is 6.10 Å². The van der Waals surface area contributed by atoms with Crippen LogP contribution in [0.25, 0.3) is 0 Å². The summed E-state index contributed by atoms with van der Waals surface area (Å²) >= 11 is 0. The molecule has 7 nitrogen and oxygen atoms in total. The van der Waals surface area contributed by atoms with E-state index in [-0.39, 0.29) is 23.5 Å². The fourth-order valence-electron chi connectivity index (χ4n) is 4.11. The summed E-state index contributed by atoms with van der Waals surface area (Å²) in [5.41, 5.74) is 1.02. The Morgan fingerprint density at radius 1 is 1.40 bits per heavy atom. The van der Waals surface area contributed by atoms with Crippen molar-refractivity contribution in [2.45, 2.75) is 57.3 Å². The number of halogens is 2. The second kappa shape index (κ2) is 8.75. The molecule has 2 fully saturated rings. The molecule has 1 spiro atoms. The molecular weight excluding hydrogens is 398 g/mol. The van der Waals surface area contributed by atoms with Gasteiger partial charge in [-0.25, -0.2) is 0 Å². The van der Waals surface area contributed by atoms with E-state index in [1.165, 1.54) is 6.07 Å². The van der Waals surface area contributed by atoms with Crippen LogP contribution in [0, 0.1) is 0 Å². The molecule has 2 atom stereocenters. The number of hydrogen-bond donors (Lipinski definition) is 0. The molecule has 0 aromatic heterocycles. The maximum atomic E-state index is 12.9. The lowest BCUT2D eigenvalue weighted by molar-refractivity contribution is -0.133. The summed E-state index contributed by atoms with van der Waals surface area (Å²) in [6.07, 6.45) is 3.01. The standard InChI is InChI=1S/C21H26F2N2O5/c1-2-19(26)25-8-3-4-15(12-25)28-18-10-14(5-6-17(18)29-20(22)23)16-11-21(30-24-16)7-9-27-13-21/h5-6,10,15,20H,2-4,7-9,11-13H2,1H3. The summed E-state index contributed by atoms with van der Waals surface area (Å²) in [6.45, 7) is 1.08. The van der Waals surface area contributed by atoms with E-state index in [4.69, 9.17) is 14.3 Å². The predicted octanol–water partition coefficient (Wildman–Crippen LogP) is 3.35. The van der Waals surface area contributed by atoms with Crippen molar-refractivity contribution in [1.82, 2.24) is 4.90 Å². The molecule has 3 aliphatic rings. The Morgan fingerprint density at radius 2 is 2.27 bits per heavy atom. The quantitative estimate of drug-likeness (QED) is 0.701. The number of alkyl halides is 2. The Hall–Kier alpha value is -2.42. The fraction of sp³-hybridized carbons (Fsp3) is 0.619. The van der Waals surface area contributed by atoms with E-state index in [2.05, 4.69) is 9.89 Å². The molecule has 0 radical (unpaired) electrons. The van der Waals surface area contributed by atoms with Gasteiger partial charge < -0.3 is 23.9 Å². The van der Waals surface area contributed by atoms with Crippen LogP contribution < -0.4 is 9.47 Å². The molecule has 1 aromatic carbocycles. The van der Waals surface area contributed by atoms with Crippen molar-refractivity contribution in [3.63, 3.8) is 0 Å². The molecule has 3 aliphatic heterocycles. The monoisotopic (exact) mass is 424 g/mol. The number of carbonyl (C=O) groups excluding carboxylic acids is 1. The van der Waals surface area contributed by atoms with Crippen molar-refractivity contribution < 1.29 is 32.6 Å². The van der Waals surface area contributed by atoms with E-state index in [1.807, 2.05) is 6.92 Å². The van der Waals surface area contributed by atoms with Crippen molar-refractivity contribution in [3.8, 4) is 11.5 Å². The number of rotatable bonds is 6. The zero-order valence-electron chi connectivity index (χ0n) is 16.9. The number of ether oxygens (including phenoxy) is 3. The van der Waals surface area contributed by atoms with Gasteiger partial charge in [-0.05, 0) is 31.0 Å². The highest BCUT2D eigenvalue weighted by molar-refractivity contribution is 6.02. The molecule has 3 heterocycles. The van der Waals surface area contributed by atoms with Crippen molar-refractivity contribution in [2.75, 3.05) is 26.3 Å². The number of likely N-dealkylation sites (tertiary alicyclic amines) is 1. The average Bonchev–Trinajstić information content (AvgIpc) is 3.38. The summed E-state index contributed by atoms with van der Waals surface area (Å²) in [5, 5.41) is 4.21. The first-order valence-corrected chi connectivity index (χ1v) is 10.3. The number of nitrogens with zero attached hydrogens (tertiary/aromatic N) is 2. The smallest absolute Gasteiger partial charge is 0.387 e. The van der Waals surface area contributed by atoms with E-state index in [0.717, 1.165) is 30.5 Å². The van der Waals surface area contributed by atoms with Crippen molar-refractivity contribution in [3.05, 3.63) is 23.8 Å². The SMILES string of the molecule is CCC(=O)N1CCCC(Oc2cc(C3=NOC4(CCOC4)C3)ccc2OC(F)F)C1. The molecule has 9 heteroatoms. The molecule has 164 valence electrons. The highest BCUT2D eigenvalue weighted by Crippen LogP contribution is 2.37. The molecule has 30 heavy (non-hydrogen) atoms. The normalized spacial score (nSPS) is 26.1. The molecular formula is C21H26F2N2O5. The molecule has 0 aliphatic carbocycles. The Bertz CT molecular complexity index is 811. The van der Waals surface area contributed by atoms with Gasteiger partial charge >= 0.3 is 6.61 Å². The largest absolute Gasteiger partial charge is 0.485 e. The maximum Gasteiger partial charge on any atom is 0.387 e. The van der Waals surface area contributed by atoms with Crippen LogP contribution in [-0.4, -0.2) is 61.1 Å². The summed E-state index contributed by atoms with van der Waals surface area (Å²) in [5.74, 6) is 0.240. The number of oxime groups is 1. The minimum Gasteiger partial charge on any atom is -0.485 e. The number of benzene rings is 1. The highest BCUT2D eigenvalue weighted by Gasteiger charge is 2.43. The maximum absolute atomic E-state index is 12.9. The first-order valence-electron chi connectivity index (χ1n) is 10.3. The summed E-state index contributed by atoms with van der Waals surface area (Å²) in [7, 11) is 0. The average molecular weight is 424 g/mol. The van der Waals surface area contributed by atoms with Crippen molar-refractivity contribution in [1.29, 1.82) is 0 Å². The summed E-state index contributed by atoms with van der Waals surface area (Å²) < 4.78 is 42.0. The third-order valence-corrected chi connectivity index (χ3v) is 5.73. The van der Waals surface area contributed by atoms with Gasteiger partial charge in [0.05, 0.1) is 25.5 Å². The lowest BCUT2D eigenvalue weighted by Gasteiger charge is -2.33. The van der Waals surface area contributed by atoms with E-state index in [1.54, 1.807) is 17.0 Å². The number of piperidine rings is 1. The van der Waals surface area contributed by atoms with E-state index >= 15 is 0 Å². The van der Waals surface area contributed by atoms with E-state index in [9.17, 15) is 13.6 Å². The number of amides is 1. The lowest BCUT2D eigenvalue weighted by atomic mass is 9.93. The third-order valence-electron chi connectivity index (χ3n) is 5.73. The van der Waals surface area contributed by atoms with Crippen LogP contribution in [0.5, 0.6) is 11.5 Å². The van der Waals surface area contributed by atoms with Gasteiger partial charge in [-0.15, -0.1) is 0 Å². The van der Waals surface area contributed by atoms with Gasteiger partial charge in [-0.2, -0.15) is 8.78 Å². The zero-order chi connectivity index (χ0) is 21.1. The second-order valence-corrected chi connectivity index (χ2v) is 7.91. The summed E-state index contributed by atoms with van der Waals surface area (Å²) in [6, 6.07) is 4.80. The van der Waals surface area contributed by atoms with Crippen LogP contribution in [-0.2, 0) is 14.4 Å². The molecule has 0 N–H and O–H groups in total. The van der Waals surface area contributed by atoms with E-state index in [0.29, 0.717) is 39.1 Å². The predicted molar refractivity (Wildman–Crippen MR) is 104 cm³/mol. The van der Waals surface area contributed by atoms with Gasteiger partial charge in [0.15, 0.2) is 17.1 Å². The minimum absolute atomic E-state index is 0.0360. The topological polar surface area (TPSA) is 69.6 Å². The van der Waals surface area contributed by atoms with Crippen LogP contribution in [0.3, 0.4) is 0 Å². The van der Waals surface area contributed by atoms with Crippen LogP contribution >= 0.6 is 0 Å². The molecule has 0 saturated carbocycles. The first kappa shape index (κ1) is 20.8. The van der Waals surface area contributed by atoms with Crippen LogP contribution in [0.15, 0.2) is 23.4 Å². The Labute approximate surface area is 173 Å². The van der Waals surface area contributed by atoms with Gasteiger partial charge in [0.25, 0.3) is 0 Å². The molecule has 4 rings (SSSR count). The van der Waals surface area contributed by atoms with Crippen LogP contribution in [0.1, 0.15) is 44.6 Å². The van der Waals surface area contributed by atoms with Gasteiger partial charge in [0.2, 0.25) is 5.91 Å². The van der Waals surface area contributed by atoms with Gasteiger partial charge in [-0.3, -0.25) is 4.79 Å². The number of hydrogen-bond acceptors (Lipinski definition) is 6.